The van der Waals surface area contributed by atoms with Crippen LogP contribution in [0.25, 0.3) is 6.08 Å². The highest BCUT2D eigenvalue weighted by molar-refractivity contribution is 5.94. The molecule has 4 nitrogen and oxygen atoms in total. The zero-order chi connectivity index (χ0) is 14.5. The van der Waals surface area contributed by atoms with Crippen LogP contribution >= 0.6 is 0 Å². The van der Waals surface area contributed by atoms with E-state index in [1.165, 1.54) is 0 Å². The lowest BCUT2D eigenvalue weighted by Gasteiger charge is -2.20. The largest absolute Gasteiger partial charge is 0.456 e. The molecule has 0 unspecified atom stereocenters. The number of ether oxygens (including phenoxy) is 1. The molecule has 0 fully saturated rings. The van der Waals surface area contributed by atoms with Gasteiger partial charge in [0.2, 0.25) is 5.91 Å². The van der Waals surface area contributed by atoms with Crippen molar-refractivity contribution < 1.29 is 14.3 Å². The number of carbonyl (C=O) groups excluding carboxylic acids is 2. The van der Waals surface area contributed by atoms with Gasteiger partial charge in [0.1, 0.15) is 5.60 Å². The number of amides is 1. The minimum Gasteiger partial charge on any atom is -0.456 e. The second-order valence-corrected chi connectivity index (χ2v) is 5.16. The van der Waals surface area contributed by atoms with Crippen LogP contribution in [0.15, 0.2) is 30.3 Å². The number of carbonyl (C=O) groups is 2. The fourth-order valence-electron chi connectivity index (χ4n) is 1.46. The quantitative estimate of drug-likeness (QED) is 0.847. The third-order valence-corrected chi connectivity index (χ3v) is 2.20. The van der Waals surface area contributed by atoms with E-state index in [0.717, 1.165) is 0 Å². The molecule has 0 bridgehead atoms. The minimum atomic E-state index is -0.541. The van der Waals surface area contributed by atoms with Crippen LogP contribution in [-0.2, 0) is 9.53 Å². The molecule has 1 rings (SSSR count). The first-order valence-corrected chi connectivity index (χ1v) is 6.07. The summed E-state index contributed by atoms with van der Waals surface area (Å²) in [5, 5.41) is 0. The van der Waals surface area contributed by atoms with Gasteiger partial charge in [0.25, 0.3) is 0 Å². The lowest BCUT2D eigenvalue weighted by atomic mass is 10.1. The molecule has 0 saturated heterocycles. The van der Waals surface area contributed by atoms with E-state index in [9.17, 15) is 9.59 Å². The molecule has 0 saturated carbocycles. The average molecular weight is 261 g/mol. The van der Waals surface area contributed by atoms with E-state index in [0.29, 0.717) is 11.1 Å². The van der Waals surface area contributed by atoms with Gasteiger partial charge < -0.3 is 10.5 Å². The molecule has 0 aliphatic heterocycles. The van der Waals surface area contributed by atoms with Gasteiger partial charge in [-0.25, -0.2) is 4.79 Å². The number of rotatable bonds is 4. The van der Waals surface area contributed by atoms with Crippen LogP contribution in [0.5, 0.6) is 0 Å². The van der Waals surface area contributed by atoms with Gasteiger partial charge in [-0.05, 0) is 32.4 Å². The van der Waals surface area contributed by atoms with Gasteiger partial charge >= 0.3 is 5.97 Å². The lowest BCUT2D eigenvalue weighted by molar-refractivity contribution is -0.117. The summed E-state index contributed by atoms with van der Waals surface area (Å²) in [5.74, 6) is -0.794. The van der Waals surface area contributed by atoms with Crippen molar-refractivity contribution in [3.05, 3.63) is 41.5 Å². The molecule has 4 heteroatoms. The van der Waals surface area contributed by atoms with Gasteiger partial charge in [0, 0.05) is 6.42 Å². The van der Waals surface area contributed by atoms with Gasteiger partial charge in [-0.1, -0.05) is 30.4 Å². The molecule has 0 aliphatic carbocycles. The van der Waals surface area contributed by atoms with Crippen molar-refractivity contribution in [2.45, 2.75) is 32.8 Å². The molecule has 1 aromatic rings. The number of nitrogens with two attached hydrogens (primary N) is 1. The summed E-state index contributed by atoms with van der Waals surface area (Å²) >= 11 is 0. The fraction of sp³-hybridized carbons (Fsp3) is 0.333. The predicted octanol–water partition coefficient (Wildman–Crippen LogP) is 2.53. The Balaban J connectivity index is 2.92. The molecule has 1 aromatic carbocycles. The van der Waals surface area contributed by atoms with Crippen molar-refractivity contribution in [3.8, 4) is 0 Å². The molecule has 2 N–H and O–H groups in total. The zero-order valence-electron chi connectivity index (χ0n) is 11.5. The van der Waals surface area contributed by atoms with Gasteiger partial charge in [-0.15, -0.1) is 0 Å². The van der Waals surface area contributed by atoms with Gasteiger partial charge in [0.05, 0.1) is 5.56 Å². The van der Waals surface area contributed by atoms with E-state index < -0.39 is 11.5 Å². The van der Waals surface area contributed by atoms with Crippen molar-refractivity contribution in [3.63, 3.8) is 0 Å². The number of hydrogen-bond acceptors (Lipinski definition) is 3. The number of hydrogen-bond donors (Lipinski definition) is 1. The van der Waals surface area contributed by atoms with Gasteiger partial charge in [-0.3, -0.25) is 4.79 Å². The molecule has 102 valence electrons. The third kappa shape index (κ3) is 5.38. The maximum absolute atomic E-state index is 12.0. The second-order valence-electron chi connectivity index (χ2n) is 5.16. The van der Waals surface area contributed by atoms with Crippen molar-refractivity contribution in [1.82, 2.24) is 0 Å². The monoisotopic (exact) mass is 261 g/mol. The fourth-order valence-corrected chi connectivity index (χ4v) is 1.46. The van der Waals surface area contributed by atoms with Crippen molar-refractivity contribution >= 4 is 18.0 Å². The van der Waals surface area contributed by atoms with Crippen molar-refractivity contribution in [2.24, 2.45) is 5.73 Å². The molecular weight excluding hydrogens is 242 g/mol. The Bertz CT molecular complexity index is 498. The Labute approximate surface area is 113 Å². The Morgan fingerprint density at radius 2 is 1.89 bits per heavy atom. The molecule has 0 heterocycles. The van der Waals surface area contributed by atoms with E-state index in [2.05, 4.69) is 0 Å². The normalized spacial score (nSPS) is 11.5. The van der Waals surface area contributed by atoms with Crippen LogP contribution in [-0.4, -0.2) is 17.5 Å². The number of esters is 1. The summed E-state index contributed by atoms with van der Waals surface area (Å²) in [4.78, 5) is 22.7. The Morgan fingerprint density at radius 1 is 1.26 bits per heavy atom. The highest BCUT2D eigenvalue weighted by atomic mass is 16.6. The highest BCUT2D eigenvalue weighted by Crippen LogP contribution is 2.16. The van der Waals surface area contributed by atoms with Gasteiger partial charge in [0.15, 0.2) is 0 Å². The predicted molar refractivity (Wildman–Crippen MR) is 74.5 cm³/mol. The molecule has 0 aromatic heterocycles. The molecule has 0 atom stereocenters. The topological polar surface area (TPSA) is 69.4 Å². The number of benzene rings is 1. The van der Waals surface area contributed by atoms with E-state index in [1.807, 2.05) is 26.8 Å². The summed E-state index contributed by atoms with van der Waals surface area (Å²) in [6.45, 7) is 5.45. The van der Waals surface area contributed by atoms with Gasteiger partial charge in [-0.2, -0.15) is 0 Å². The average Bonchev–Trinajstić information content (AvgIpc) is 2.26. The van der Waals surface area contributed by atoms with Crippen LogP contribution in [0, 0.1) is 0 Å². The van der Waals surface area contributed by atoms with Crippen LogP contribution in [0.2, 0.25) is 0 Å². The third-order valence-electron chi connectivity index (χ3n) is 2.20. The minimum absolute atomic E-state index is 0.142. The van der Waals surface area contributed by atoms with Crippen molar-refractivity contribution in [2.75, 3.05) is 0 Å². The standard InChI is InChI=1S/C15H19NO3/c1-15(2,3)19-14(18)12-9-5-4-7-11(12)8-6-10-13(16)17/h4-9H,10H2,1-3H3,(H2,16,17). The number of primary amides is 1. The summed E-state index contributed by atoms with van der Waals surface area (Å²) < 4.78 is 5.33. The first kappa shape index (κ1) is 15.0. The summed E-state index contributed by atoms with van der Waals surface area (Å²) in [5.41, 5.74) is 5.69. The Hall–Kier alpha value is -2.10. The van der Waals surface area contributed by atoms with Crippen LogP contribution in [0.4, 0.5) is 0 Å². The molecule has 19 heavy (non-hydrogen) atoms. The highest BCUT2D eigenvalue weighted by Gasteiger charge is 2.19. The first-order valence-electron chi connectivity index (χ1n) is 6.07. The SMILES string of the molecule is CC(C)(C)OC(=O)c1ccccc1C=CCC(N)=O. The van der Waals surface area contributed by atoms with Crippen molar-refractivity contribution in [1.29, 1.82) is 0 Å². The van der Waals surface area contributed by atoms with Crippen LogP contribution < -0.4 is 5.73 Å². The van der Waals surface area contributed by atoms with E-state index in [-0.39, 0.29) is 12.4 Å². The molecular formula is C15H19NO3. The van der Waals surface area contributed by atoms with Crippen LogP contribution in [0.3, 0.4) is 0 Å². The maximum Gasteiger partial charge on any atom is 0.339 e. The second kappa shape index (κ2) is 6.18. The molecule has 1 amide bonds. The Morgan fingerprint density at radius 3 is 2.47 bits per heavy atom. The summed E-state index contributed by atoms with van der Waals surface area (Å²) in [6.07, 6.45) is 3.47. The molecule has 0 radical (unpaired) electrons. The summed E-state index contributed by atoms with van der Waals surface area (Å²) in [7, 11) is 0. The van der Waals surface area contributed by atoms with E-state index in [1.54, 1.807) is 30.4 Å². The maximum atomic E-state index is 12.0. The zero-order valence-corrected chi connectivity index (χ0v) is 11.5. The first-order chi connectivity index (χ1) is 8.79. The van der Waals surface area contributed by atoms with Crippen LogP contribution in [0.1, 0.15) is 43.1 Å². The Kier molecular flexibility index (Phi) is 4.87. The molecule has 0 aliphatic rings. The summed E-state index contributed by atoms with van der Waals surface area (Å²) in [6, 6.07) is 7.07. The van der Waals surface area contributed by atoms with E-state index >= 15 is 0 Å². The van der Waals surface area contributed by atoms with E-state index in [4.69, 9.17) is 10.5 Å². The smallest absolute Gasteiger partial charge is 0.339 e. The lowest BCUT2D eigenvalue weighted by Crippen LogP contribution is -2.24. The molecule has 0 spiro atoms.